The largest absolute Gasteiger partial charge is 0.353 e. The summed E-state index contributed by atoms with van der Waals surface area (Å²) in [6.07, 6.45) is 1.49. The van der Waals surface area contributed by atoms with E-state index < -0.39 is 10.0 Å². The lowest BCUT2D eigenvalue weighted by Gasteiger charge is -2.08. The van der Waals surface area contributed by atoms with E-state index in [0.717, 1.165) is 16.5 Å². The summed E-state index contributed by atoms with van der Waals surface area (Å²) in [5, 5.41) is 3.66. The van der Waals surface area contributed by atoms with Gasteiger partial charge in [-0.3, -0.25) is 4.79 Å². The predicted octanol–water partition coefficient (Wildman–Crippen LogP) is 1.41. The number of aryl methyl sites for hydroxylation is 1. The molecule has 0 aliphatic heterocycles. The second-order valence-corrected chi connectivity index (χ2v) is 6.45. The molecular weight excluding hydrogens is 276 g/mol. The van der Waals surface area contributed by atoms with Crippen molar-refractivity contribution >= 4 is 22.0 Å². The molecule has 0 unspecified atom stereocenters. The van der Waals surface area contributed by atoms with Gasteiger partial charge in [-0.05, 0) is 32.4 Å². The normalized spacial score (nSPS) is 12.0. The van der Waals surface area contributed by atoms with Crippen molar-refractivity contribution in [1.29, 1.82) is 0 Å². The van der Waals surface area contributed by atoms with E-state index in [-0.39, 0.29) is 18.5 Å². The van der Waals surface area contributed by atoms with Crippen LogP contribution in [-0.2, 0) is 14.8 Å². The van der Waals surface area contributed by atoms with Crippen molar-refractivity contribution in [3.8, 4) is 0 Å². The first-order valence-electron chi connectivity index (χ1n) is 6.32. The van der Waals surface area contributed by atoms with Crippen LogP contribution in [0.25, 0.3) is 6.08 Å². The number of amides is 1. The van der Waals surface area contributed by atoms with Crippen LogP contribution in [0.2, 0.25) is 0 Å². The molecule has 1 amide bonds. The van der Waals surface area contributed by atoms with E-state index in [4.69, 9.17) is 0 Å². The van der Waals surface area contributed by atoms with E-state index >= 15 is 0 Å². The van der Waals surface area contributed by atoms with E-state index in [0.29, 0.717) is 0 Å². The van der Waals surface area contributed by atoms with Gasteiger partial charge in [-0.1, -0.05) is 29.8 Å². The van der Waals surface area contributed by atoms with Crippen molar-refractivity contribution in [1.82, 2.24) is 10.0 Å². The summed E-state index contributed by atoms with van der Waals surface area (Å²) in [6, 6.07) is 7.43. The number of hydrogen-bond donors (Lipinski definition) is 2. The predicted molar refractivity (Wildman–Crippen MR) is 80.4 cm³/mol. The van der Waals surface area contributed by atoms with Crippen molar-refractivity contribution in [3.05, 3.63) is 40.8 Å². The summed E-state index contributed by atoms with van der Waals surface area (Å²) in [7, 11) is -3.61. The molecule has 0 aliphatic carbocycles. The van der Waals surface area contributed by atoms with E-state index in [1.165, 1.54) is 6.08 Å². The second kappa shape index (κ2) is 7.21. The van der Waals surface area contributed by atoms with Crippen LogP contribution in [0.1, 0.15) is 25.0 Å². The highest BCUT2D eigenvalue weighted by Crippen LogP contribution is 2.05. The Morgan fingerprint density at radius 2 is 1.85 bits per heavy atom. The Morgan fingerprint density at radius 3 is 2.40 bits per heavy atom. The number of nitrogens with one attached hydrogen (secondary N) is 2. The maximum absolute atomic E-state index is 11.7. The standard InChI is InChI=1S/C14H20N2O3S/c1-11(2)16-14(17)10-15-20(18,19)9-8-13-6-4-12(3)5-7-13/h4-9,11,15H,10H2,1-3H3,(H,16,17). The fourth-order valence-corrected chi connectivity index (χ4v) is 2.20. The smallest absolute Gasteiger partial charge is 0.235 e. The van der Waals surface area contributed by atoms with Crippen molar-refractivity contribution in [2.75, 3.05) is 6.54 Å². The van der Waals surface area contributed by atoms with Gasteiger partial charge in [0.25, 0.3) is 0 Å². The molecule has 0 bridgehead atoms. The van der Waals surface area contributed by atoms with E-state index in [1.54, 1.807) is 0 Å². The summed E-state index contributed by atoms with van der Waals surface area (Å²) in [5.74, 6) is -0.354. The molecule has 2 N–H and O–H groups in total. The summed E-state index contributed by atoms with van der Waals surface area (Å²) < 4.78 is 25.6. The highest BCUT2D eigenvalue weighted by atomic mass is 32.2. The SMILES string of the molecule is Cc1ccc(C=CS(=O)(=O)NCC(=O)NC(C)C)cc1. The Balaban J connectivity index is 2.57. The van der Waals surface area contributed by atoms with Crippen LogP contribution in [0.4, 0.5) is 0 Å². The Morgan fingerprint density at radius 1 is 1.25 bits per heavy atom. The summed E-state index contributed by atoms with van der Waals surface area (Å²) >= 11 is 0. The van der Waals surface area contributed by atoms with Gasteiger partial charge >= 0.3 is 0 Å². The highest BCUT2D eigenvalue weighted by molar-refractivity contribution is 7.92. The minimum Gasteiger partial charge on any atom is -0.353 e. The average molecular weight is 296 g/mol. The quantitative estimate of drug-likeness (QED) is 0.833. The lowest BCUT2D eigenvalue weighted by molar-refractivity contribution is -0.120. The summed E-state index contributed by atoms with van der Waals surface area (Å²) in [6.45, 7) is 5.31. The molecule has 0 atom stereocenters. The average Bonchev–Trinajstić information content (AvgIpc) is 2.35. The van der Waals surface area contributed by atoms with Gasteiger partial charge in [0, 0.05) is 11.4 Å². The first kappa shape index (κ1) is 16.4. The Kier molecular flexibility index (Phi) is 5.91. The molecule has 110 valence electrons. The monoisotopic (exact) mass is 296 g/mol. The van der Waals surface area contributed by atoms with Crippen LogP contribution in [-0.4, -0.2) is 26.9 Å². The molecule has 5 nitrogen and oxygen atoms in total. The van der Waals surface area contributed by atoms with Crippen molar-refractivity contribution < 1.29 is 13.2 Å². The van der Waals surface area contributed by atoms with Crippen LogP contribution < -0.4 is 10.0 Å². The number of benzene rings is 1. The van der Waals surface area contributed by atoms with Crippen LogP contribution in [0, 0.1) is 6.92 Å². The summed E-state index contributed by atoms with van der Waals surface area (Å²) in [5.41, 5.74) is 1.89. The van der Waals surface area contributed by atoms with Crippen LogP contribution in [0.3, 0.4) is 0 Å². The number of carbonyl (C=O) groups is 1. The molecule has 0 fully saturated rings. The lowest BCUT2D eigenvalue weighted by Crippen LogP contribution is -2.39. The number of rotatable bonds is 6. The molecule has 0 radical (unpaired) electrons. The molecule has 1 aromatic rings. The fraction of sp³-hybridized carbons (Fsp3) is 0.357. The maximum atomic E-state index is 11.7. The molecule has 0 aromatic heterocycles. The Hall–Kier alpha value is -1.66. The third-order valence-electron chi connectivity index (χ3n) is 2.40. The van der Waals surface area contributed by atoms with Gasteiger partial charge in [-0.15, -0.1) is 0 Å². The first-order chi connectivity index (χ1) is 9.28. The molecule has 20 heavy (non-hydrogen) atoms. The molecule has 1 rings (SSSR count). The Labute approximate surface area is 120 Å². The third kappa shape index (κ3) is 6.49. The molecule has 0 saturated carbocycles. The van der Waals surface area contributed by atoms with Crippen molar-refractivity contribution in [2.45, 2.75) is 26.8 Å². The number of sulfonamides is 1. The minimum absolute atomic E-state index is 0.0184. The molecule has 1 aromatic carbocycles. The summed E-state index contributed by atoms with van der Waals surface area (Å²) in [4.78, 5) is 11.3. The first-order valence-corrected chi connectivity index (χ1v) is 7.87. The fourth-order valence-electron chi connectivity index (χ4n) is 1.43. The van der Waals surface area contributed by atoms with Gasteiger partial charge < -0.3 is 5.32 Å². The highest BCUT2D eigenvalue weighted by Gasteiger charge is 2.09. The molecule has 0 aliphatic rings. The lowest BCUT2D eigenvalue weighted by atomic mass is 10.2. The van der Waals surface area contributed by atoms with Gasteiger partial charge in [0.05, 0.1) is 6.54 Å². The van der Waals surface area contributed by atoms with E-state index in [9.17, 15) is 13.2 Å². The molecule has 0 spiro atoms. The Bertz CT molecular complexity index is 575. The zero-order valence-electron chi connectivity index (χ0n) is 11.9. The molecule has 0 heterocycles. The van der Waals surface area contributed by atoms with Crippen LogP contribution in [0.15, 0.2) is 29.7 Å². The second-order valence-electron chi connectivity index (χ2n) is 4.80. The zero-order valence-corrected chi connectivity index (χ0v) is 12.7. The molecule has 6 heteroatoms. The third-order valence-corrected chi connectivity index (χ3v) is 3.44. The zero-order chi connectivity index (χ0) is 15.2. The van der Waals surface area contributed by atoms with Gasteiger partial charge in [-0.2, -0.15) is 0 Å². The van der Waals surface area contributed by atoms with Crippen LogP contribution >= 0.6 is 0 Å². The van der Waals surface area contributed by atoms with Crippen molar-refractivity contribution in [2.24, 2.45) is 0 Å². The number of carbonyl (C=O) groups excluding carboxylic acids is 1. The molecular formula is C14H20N2O3S. The van der Waals surface area contributed by atoms with Crippen molar-refractivity contribution in [3.63, 3.8) is 0 Å². The topological polar surface area (TPSA) is 75.3 Å². The van der Waals surface area contributed by atoms with E-state index in [1.807, 2.05) is 45.0 Å². The maximum Gasteiger partial charge on any atom is 0.235 e. The minimum atomic E-state index is -3.61. The van der Waals surface area contributed by atoms with Gasteiger partial charge in [-0.25, -0.2) is 13.1 Å². The molecule has 0 saturated heterocycles. The van der Waals surface area contributed by atoms with Gasteiger partial charge in [0.2, 0.25) is 15.9 Å². The van der Waals surface area contributed by atoms with E-state index in [2.05, 4.69) is 10.0 Å². The van der Waals surface area contributed by atoms with Crippen LogP contribution in [0.5, 0.6) is 0 Å². The number of hydrogen-bond acceptors (Lipinski definition) is 3. The van der Waals surface area contributed by atoms with Gasteiger partial charge in [0.1, 0.15) is 0 Å². The van der Waals surface area contributed by atoms with Gasteiger partial charge in [0.15, 0.2) is 0 Å².